The fraction of sp³-hybridized carbons (Fsp3) is 0.533. The first-order chi connectivity index (χ1) is 9.65. The van der Waals surface area contributed by atoms with E-state index in [0.717, 1.165) is 24.0 Å². The smallest absolute Gasteiger partial charge is 0.191 e. The summed E-state index contributed by atoms with van der Waals surface area (Å²) < 4.78 is 10.7. The summed E-state index contributed by atoms with van der Waals surface area (Å²) >= 11 is 0. The van der Waals surface area contributed by atoms with Gasteiger partial charge in [0.25, 0.3) is 0 Å². The van der Waals surface area contributed by atoms with Gasteiger partial charge in [-0.05, 0) is 30.2 Å². The van der Waals surface area contributed by atoms with Crippen molar-refractivity contribution in [3.63, 3.8) is 0 Å². The fourth-order valence-corrected chi connectivity index (χ4v) is 1.53. The van der Waals surface area contributed by atoms with Crippen LogP contribution >= 0.6 is 0 Å². The Morgan fingerprint density at radius 2 is 1.80 bits per heavy atom. The zero-order valence-corrected chi connectivity index (χ0v) is 12.8. The highest BCUT2D eigenvalue weighted by Gasteiger charge is 1.99. The van der Waals surface area contributed by atoms with Crippen LogP contribution in [0.5, 0.6) is 11.5 Å². The summed E-state index contributed by atoms with van der Waals surface area (Å²) in [6, 6.07) is 7.55. The normalized spacial score (nSPS) is 11.3. The third-order valence-electron chi connectivity index (χ3n) is 2.62. The first-order valence-corrected chi connectivity index (χ1v) is 6.87. The van der Waals surface area contributed by atoms with Crippen molar-refractivity contribution in [1.29, 1.82) is 0 Å². The second-order valence-electron chi connectivity index (χ2n) is 4.80. The molecule has 0 saturated carbocycles. The number of rotatable bonds is 7. The maximum atomic E-state index is 5.63. The molecule has 0 unspecified atom stereocenters. The SMILES string of the molecule is CN=C(NCCOc1ccc(OC)cc1)NCC(C)C. The lowest BCUT2D eigenvalue weighted by atomic mass is 10.2. The largest absolute Gasteiger partial charge is 0.497 e. The standard InChI is InChI=1S/C15H25N3O2/c1-12(2)11-18-15(16-3)17-9-10-20-14-7-5-13(19-4)6-8-14/h5-8,12H,9-11H2,1-4H3,(H2,16,17,18). The Hall–Kier alpha value is -1.91. The zero-order chi connectivity index (χ0) is 14.8. The highest BCUT2D eigenvalue weighted by molar-refractivity contribution is 5.79. The van der Waals surface area contributed by atoms with Gasteiger partial charge in [-0.1, -0.05) is 13.8 Å². The molecule has 1 rings (SSSR count). The van der Waals surface area contributed by atoms with E-state index in [1.807, 2.05) is 24.3 Å². The Bertz CT molecular complexity index is 402. The second-order valence-corrected chi connectivity index (χ2v) is 4.80. The van der Waals surface area contributed by atoms with Crippen LogP contribution < -0.4 is 20.1 Å². The first-order valence-electron chi connectivity index (χ1n) is 6.87. The average molecular weight is 279 g/mol. The monoisotopic (exact) mass is 279 g/mol. The number of aliphatic imine (C=N–C) groups is 1. The number of hydrogen-bond acceptors (Lipinski definition) is 3. The number of hydrogen-bond donors (Lipinski definition) is 2. The molecule has 0 amide bonds. The first kappa shape index (κ1) is 16.1. The van der Waals surface area contributed by atoms with Gasteiger partial charge in [-0.2, -0.15) is 0 Å². The van der Waals surface area contributed by atoms with Gasteiger partial charge in [0.2, 0.25) is 0 Å². The van der Waals surface area contributed by atoms with Crippen LogP contribution in [0.4, 0.5) is 0 Å². The Morgan fingerprint density at radius 3 is 2.35 bits per heavy atom. The number of benzene rings is 1. The van der Waals surface area contributed by atoms with Gasteiger partial charge in [-0.15, -0.1) is 0 Å². The van der Waals surface area contributed by atoms with Gasteiger partial charge in [-0.25, -0.2) is 0 Å². The molecule has 0 aliphatic carbocycles. The van der Waals surface area contributed by atoms with Gasteiger partial charge < -0.3 is 20.1 Å². The molecule has 5 heteroatoms. The van der Waals surface area contributed by atoms with Crippen molar-refractivity contribution in [1.82, 2.24) is 10.6 Å². The summed E-state index contributed by atoms with van der Waals surface area (Å²) in [6.45, 7) is 6.50. The Morgan fingerprint density at radius 1 is 1.15 bits per heavy atom. The topological polar surface area (TPSA) is 54.9 Å². The molecule has 1 aromatic carbocycles. The van der Waals surface area contributed by atoms with E-state index < -0.39 is 0 Å². The molecule has 0 radical (unpaired) electrons. The minimum atomic E-state index is 0.578. The van der Waals surface area contributed by atoms with Crippen LogP contribution in [0.1, 0.15) is 13.8 Å². The van der Waals surface area contributed by atoms with Gasteiger partial charge in [0.1, 0.15) is 18.1 Å². The number of ether oxygens (including phenoxy) is 2. The summed E-state index contributed by atoms with van der Waals surface area (Å²) in [4.78, 5) is 4.15. The Balaban J connectivity index is 2.22. The summed E-state index contributed by atoms with van der Waals surface area (Å²) in [5.41, 5.74) is 0. The van der Waals surface area contributed by atoms with E-state index in [4.69, 9.17) is 9.47 Å². The minimum Gasteiger partial charge on any atom is -0.497 e. The Labute approximate surface area is 121 Å². The minimum absolute atomic E-state index is 0.578. The van der Waals surface area contributed by atoms with Gasteiger partial charge in [0.05, 0.1) is 13.7 Å². The van der Waals surface area contributed by atoms with E-state index in [9.17, 15) is 0 Å². The molecule has 0 aromatic heterocycles. The predicted octanol–water partition coefficient (Wildman–Crippen LogP) is 1.89. The highest BCUT2D eigenvalue weighted by Crippen LogP contribution is 2.16. The quantitative estimate of drug-likeness (QED) is 0.455. The molecule has 1 aromatic rings. The lowest BCUT2D eigenvalue weighted by molar-refractivity contribution is 0.321. The molecule has 112 valence electrons. The van der Waals surface area contributed by atoms with Crippen LogP contribution in [-0.2, 0) is 0 Å². The number of methoxy groups -OCH3 is 1. The van der Waals surface area contributed by atoms with Crippen molar-refractivity contribution in [2.24, 2.45) is 10.9 Å². The molecule has 2 N–H and O–H groups in total. The summed E-state index contributed by atoms with van der Waals surface area (Å²) in [7, 11) is 3.41. The van der Waals surface area contributed by atoms with E-state index in [-0.39, 0.29) is 0 Å². The van der Waals surface area contributed by atoms with Crippen molar-refractivity contribution in [2.45, 2.75) is 13.8 Å². The van der Waals surface area contributed by atoms with Gasteiger partial charge in [0, 0.05) is 13.6 Å². The molecule has 0 saturated heterocycles. The lowest BCUT2D eigenvalue weighted by Gasteiger charge is -2.13. The molecule has 0 spiro atoms. The van der Waals surface area contributed by atoms with Crippen molar-refractivity contribution in [3.8, 4) is 11.5 Å². The molecule has 0 bridgehead atoms. The van der Waals surface area contributed by atoms with E-state index >= 15 is 0 Å². The van der Waals surface area contributed by atoms with E-state index in [2.05, 4.69) is 29.5 Å². The third kappa shape index (κ3) is 6.31. The molecule has 0 fully saturated rings. The van der Waals surface area contributed by atoms with Crippen molar-refractivity contribution >= 4 is 5.96 Å². The highest BCUT2D eigenvalue weighted by atomic mass is 16.5. The molecule has 0 heterocycles. The van der Waals surface area contributed by atoms with Crippen LogP contribution in [0.2, 0.25) is 0 Å². The maximum Gasteiger partial charge on any atom is 0.191 e. The molecule has 20 heavy (non-hydrogen) atoms. The van der Waals surface area contributed by atoms with E-state index in [0.29, 0.717) is 19.1 Å². The molecule has 5 nitrogen and oxygen atoms in total. The molecule has 0 atom stereocenters. The van der Waals surface area contributed by atoms with E-state index in [1.54, 1.807) is 14.2 Å². The lowest BCUT2D eigenvalue weighted by Crippen LogP contribution is -2.40. The van der Waals surface area contributed by atoms with Gasteiger partial charge in [-0.3, -0.25) is 4.99 Å². The fourth-order valence-electron chi connectivity index (χ4n) is 1.53. The zero-order valence-electron chi connectivity index (χ0n) is 12.8. The molecular weight excluding hydrogens is 254 g/mol. The third-order valence-corrected chi connectivity index (χ3v) is 2.62. The van der Waals surface area contributed by atoms with Crippen LogP contribution in [0.15, 0.2) is 29.3 Å². The maximum absolute atomic E-state index is 5.63. The number of guanidine groups is 1. The summed E-state index contributed by atoms with van der Waals surface area (Å²) in [6.07, 6.45) is 0. The molecule has 0 aliphatic heterocycles. The van der Waals surface area contributed by atoms with Gasteiger partial charge in [0.15, 0.2) is 5.96 Å². The van der Waals surface area contributed by atoms with E-state index in [1.165, 1.54) is 0 Å². The van der Waals surface area contributed by atoms with Gasteiger partial charge >= 0.3 is 0 Å². The van der Waals surface area contributed by atoms with Crippen molar-refractivity contribution in [2.75, 3.05) is 33.9 Å². The second kappa shape index (κ2) is 9.07. The number of nitrogens with one attached hydrogen (secondary N) is 2. The van der Waals surface area contributed by atoms with Crippen molar-refractivity contribution < 1.29 is 9.47 Å². The van der Waals surface area contributed by atoms with Crippen LogP contribution in [-0.4, -0.2) is 39.8 Å². The van der Waals surface area contributed by atoms with Crippen molar-refractivity contribution in [3.05, 3.63) is 24.3 Å². The summed E-state index contributed by atoms with van der Waals surface area (Å²) in [5, 5.41) is 6.46. The van der Waals surface area contributed by atoms with Crippen LogP contribution in [0.3, 0.4) is 0 Å². The Kier molecular flexibility index (Phi) is 7.32. The summed E-state index contributed by atoms with van der Waals surface area (Å²) in [5.74, 6) is 3.05. The molecule has 0 aliphatic rings. The van der Waals surface area contributed by atoms with Crippen LogP contribution in [0.25, 0.3) is 0 Å². The average Bonchev–Trinajstić information content (AvgIpc) is 2.47. The number of nitrogens with zero attached hydrogens (tertiary/aromatic N) is 1. The van der Waals surface area contributed by atoms with Crippen LogP contribution in [0, 0.1) is 5.92 Å². The molecular formula is C15H25N3O2. The predicted molar refractivity (Wildman–Crippen MR) is 82.7 cm³/mol.